The van der Waals surface area contributed by atoms with E-state index in [9.17, 15) is 0 Å². The summed E-state index contributed by atoms with van der Waals surface area (Å²) in [5, 5.41) is 6.83. The topological polar surface area (TPSA) is 12.0 Å². The quantitative estimate of drug-likeness (QED) is 0.721. The Morgan fingerprint density at radius 2 is 2.06 bits per heavy atom. The van der Waals surface area contributed by atoms with Gasteiger partial charge in [-0.05, 0) is 64.8 Å². The van der Waals surface area contributed by atoms with E-state index in [1.54, 1.807) is 11.3 Å². The molecule has 0 radical (unpaired) electrons. The molecule has 0 aliphatic heterocycles. The molecule has 17 heavy (non-hydrogen) atoms. The molecule has 0 aliphatic rings. The summed E-state index contributed by atoms with van der Waals surface area (Å²) in [5.41, 5.74) is 1.16. The normalized spacial score (nSPS) is 12.7. The molecule has 2 rings (SSSR count). The van der Waals surface area contributed by atoms with Gasteiger partial charge in [0.25, 0.3) is 0 Å². The minimum atomic E-state index is 0.0908. The molecule has 0 spiro atoms. The van der Waals surface area contributed by atoms with Crippen molar-refractivity contribution in [3.63, 3.8) is 0 Å². The smallest absolute Gasteiger partial charge is 0.0694 e. The van der Waals surface area contributed by atoms with E-state index in [1.165, 1.54) is 3.57 Å². The van der Waals surface area contributed by atoms with Crippen LogP contribution in [-0.2, 0) is 0 Å². The van der Waals surface area contributed by atoms with Gasteiger partial charge in [-0.2, -0.15) is 0 Å². The molecule has 0 bridgehead atoms. The minimum Gasteiger partial charge on any atom is -0.309 e. The van der Waals surface area contributed by atoms with E-state index in [-0.39, 0.29) is 6.04 Å². The van der Waals surface area contributed by atoms with E-state index in [0.717, 1.165) is 20.5 Å². The maximum atomic E-state index is 6.19. The van der Waals surface area contributed by atoms with Gasteiger partial charge >= 0.3 is 0 Å². The summed E-state index contributed by atoms with van der Waals surface area (Å²) in [6.07, 6.45) is 0. The fourth-order valence-electron chi connectivity index (χ4n) is 1.68. The summed E-state index contributed by atoms with van der Waals surface area (Å²) in [6.45, 7) is 0. The lowest BCUT2D eigenvalue weighted by Crippen LogP contribution is -2.18. The Labute approximate surface area is 128 Å². The molecule has 1 N–H and O–H groups in total. The van der Waals surface area contributed by atoms with Crippen LogP contribution in [0.5, 0.6) is 0 Å². The van der Waals surface area contributed by atoms with Crippen LogP contribution in [0, 0.1) is 3.57 Å². The van der Waals surface area contributed by atoms with E-state index in [0.29, 0.717) is 0 Å². The molecule has 1 aromatic carbocycles. The maximum absolute atomic E-state index is 6.19. The van der Waals surface area contributed by atoms with Gasteiger partial charge in [0.2, 0.25) is 0 Å². The Morgan fingerprint density at radius 3 is 2.65 bits per heavy atom. The van der Waals surface area contributed by atoms with Gasteiger partial charge in [-0.15, -0.1) is 11.3 Å². The Bertz CT molecular complexity index is 527. The van der Waals surface area contributed by atoms with Crippen LogP contribution in [0.4, 0.5) is 0 Å². The first-order valence-electron chi connectivity index (χ1n) is 4.98. The lowest BCUT2D eigenvalue weighted by molar-refractivity contribution is 0.701. The maximum Gasteiger partial charge on any atom is 0.0694 e. The van der Waals surface area contributed by atoms with Crippen molar-refractivity contribution < 1.29 is 0 Å². The summed E-state index contributed by atoms with van der Waals surface area (Å²) in [4.78, 5) is 1.12. The molecular formula is C12H10Cl2INS. The third-order valence-electron chi connectivity index (χ3n) is 2.46. The van der Waals surface area contributed by atoms with Crippen molar-refractivity contribution in [1.29, 1.82) is 0 Å². The van der Waals surface area contributed by atoms with Gasteiger partial charge in [0, 0.05) is 13.5 Å². The van der Waals surface area contributed by atoms with Crippen molar-refractivity contribution in [3.8, 4) is 0 Å². The molecule has 0 aliphatic carbocycles. The predicted octanol–water partition coefficient (Wildman–Crippen LogP) is 4.97. The molecule has 2 aromatic rings. The average molecular weight is 398 g/mol. The van der Waals surface area contributed by atoms with E-state index >= 15 is 0 Å². The summed E-state index contributed by atoms with van der Waals surface area (Å²) in [7, 11) is 1.93. The first-order chi connectivity index (χ1) is 8.13. The molecule has 0 amide bonds. The number of rotatable bonds is 3. The number of hydrogen-bond acceptors (Lipinski definition) is 2. The molecule has 0 saturated heterocycles. The van der Waals surface area contributed by atoms with Gasteiger partial charge < -0.3 is 5.32 Å². The third-order valence-corrected chi connectivity index (χ3v) is 5.11. The number of hydrogen-bond donors (Lipinski definition) is 1. The van der Waals surface area contributed by atoms with E-state index in [2.05, 4.69) is 27.9 Å². The van der Waals surface area contributed by atoms with Gasteiger partial charge in [0.15, 0.2) is 0 Å². The molecule has 0 saturated carbocycles. The van der Waals surface area contributed by atoms with E-state index < -0.39 is 0 Å². The summed E-state index contributed by atoms with van der Waals surface area (Å²) in [5.74, 6) is 0. The van der Waals surface area contributed by atoms with Crippen molar-refractivity contribution in [2.45, 2.75) is 6.04 Å². The van der Waals surface area contributed by atoms with Crippen LogP contribution >= 0.6 is 57.1 Å². The molecule has 5 heteroatoms. The molecule has 1 heterocycles. The van der Waals surface area contributed by atoms with Crippen molar-refractivity contribution in [2.75, 3.05) is 7.05 Å². The highest BCUT2D eigenvalue weighted by molar-refractivity contribution is 14.1. The molecule has 1 atom stereocenters. The lowest BCUT2D eigenvalue weighted by Gasteiger charge is -2.17. The summed E-state index contributed by atoms with van der Waals surface area (Å²) >= 11 is 16.2. The molecule has 1 aromatic heterocycles. The van der Waals surface area contributed by atoms with Crippen molar-refractivity contribution >= 4 is 57.1 Å². The second-order valence-corrected chi connectivity index (χ2v) is 6.47. The third kappa shape index (κ3) is 2.96. The average Bonchev–Trinajstić information content (AvgIpc) is 2.71. The fourth-order valence-corrected chi connectivity index (χ4v) is 3.80. The van der Waals surface area contributed by atoms with Crippen LogP contribution in [0.3, 0.4) is 0 Å². The van der Waals surface area contributed by atoms with Crippen LogP contribution < -0.4 is 5.32 Å². The molecule has 1 unspecified atom stereocenters. The zero-order valence-corrected chi connectivity index (χ0v) is 13.5. The van der Waals surface area contributed by atoms with Gasteiger partial charge in [0.1, 0.15) is 0 Å². The standard InChI is InChI=1S/C12H10Cl2INS/c1-16-11(12-9(14)4-5-17-12)8-6-7(13)2-3-10(8)15/h2-6,11,16H,1H3. The van der Waals surface area contributed by atoms with Crippen LogP contribution in [-0.4, -0.2) is 7.05 Å². The zero-order chi connectivity index (χ0) is 12.4. The predicted molar refractivity (Wildman–Crippen MR) is 84.4 cm³/mol. The zero-order valence-electron chi connectivity index (χ0n) is 9.01. The van der Waals surface area contributed by atoms with Crippen LogP contribution in [0.1, 0.15) is 16.5 Å². The first-order valence-corrected chi connectivity index (χ1v) is 7.70. The second-order valence-electron chi connectivity index (χ2n) is 3.52. The highest BCUT2D eigenvalue weighted by Crippen LogP contribution is 2.35. The SMILES string of the molecule is CNC(c1cc(Cl)ccc1I)c1sccc1Cl. The highest BCUT2D eigenvalue weighted by Gasteiger charge is 2.19. The monoisotopic (exact) mass is 397 g/mol. The fraction of sp³-hybridized carbons (Fsp3) is 0.167. The molecule has 1 nitrogen and oxygen atoms in total. The second kappa shape index (κ2) is 5.89. The molecule has 90 valence electrons. The van der Waals surface area contributed by atoms with E-state index in [4.69, 9.17) is 23.2 Å². The lowest BCUT2D eigenvalue weighted by atomic mass is 10.1. The van der Waals surface area contributed by atoms with Crippen LogP contribution in [0.2, 0.25) is 10.0 Å². The summed E-state index contributed by atoms with van der Waals surface area (Å²) in [6, 6.07) is 7.91. The van der Waals surface area contributed by atoms with Crippen molar-refractivity contribution in [3.05, 3.63) is 53.7 Å². The van der Waals surface area contributed by atoms with Crippen molar-refractivity contribution in [1.82, 2.24) is 5.32 Å². The largest absolute Gasteiger partial charge is 0.309 e. The Hall–Kier alpha value is 0.190. The van der Waals surface area contributed by atoms with Gasteiger partial charge in [0.05, 0.1) is 11.1 Å². The molecule has 0 fully saturated rings. The Morgan fingerprint density at radius 1 is 1.29 bits per heavy atom. The molecular weight excluding hydrogens is 388 g/mol. The number of thiophene rings is 1. The first kappa shape index (κ1) is 13.6. The van der Waals surface area contributed by atoms with Crippen LogP contribution in [0.25, 0.3) is 0 Å². The van der Waals surface area contributed by atoms with Crippen molar-refractivity contribution in [2.24, 2.45) is 0 Å². The van der Waals surface area contributed by atoms with Gasteiger partial charge in [-0.25, -0.2) is 0 Å². The Balaban J connectivity index is 2.49. The highest BCUT2D eigenvalue weighted by atomic mass is 127. The van der Waals surface area contributed by atoms with Gasteiger partial charge in [-0.3, -0.25) is 0 Å². The summed E-state index contributed by atoms with van der Waals surface area (Å²) < 4.78 is 1.18. The number of nitrogens with one attached hydrogen (secondary N) is 1. The van der Waals surface area contributed by atoms with Crippen LogP contribution in [0.15, 0.2) is 29.6 Å². The van der Waals surface area contributed by atoms with E-state index in [1.807, 2.05) is 36.7 Å². The number of halogens is 3. The number of benzene rings is 1. The Kier molecular flexibility index (Phi) is 4.72. The minimum absolute atomic E-state index is 0.0908. The van der Waals surface area contributed by atoms with Gasteiger partial charge in [-0.1, -0.05) is 23.2 Å².